The van der Waals surface area contributed by atoms with Crippen LogP contribution in [0.2, 0.25) is 0 Å². The third-order valence-corrected chi connectivity index (χ3v) is 4.64. The van der Waals surface area contributed by atoms with Gasteiger partial charge < -0.3 is 0 Å². The lowest BCUT2D eigenvalue weighted by Gasteiger charge is -2.28. The first-order valence-corrected chi connectivity index (χ1v) is 8.02. The van der Waals surface area contributed by atoms with Crippen LogP contribution in [-0.2, 0) is 4.79 Å². The molecule has 3 rings (SSSR count). The van der Waals surface area contributed by atoms with Gasteiger partial charge in [0, 0.05) is 25.0 Å². The van der Waals surface area contributed by atoms with Crippen molar-refractivity contribution >= 4 is 17.2 Å². The highest BCUT2D eigenvalue weighted by atomic mass is 16.2. The summed E-state index contributed by atoms with van der Waals surface area (Å²) in [6, 6.07) is 10.5. The molecule has 1 aromatic carbocycles. The van der Waals surface area contributed by atoms with Crippen LogP contribution < -0.4 is 0 Å². The Kier molecular flexibility index (Phi) is 3.67. The number of hydrogen-bond acceptors (Lipinski definition) is 1. The molecule has 1 aromatic rings. The molecular weight excluding hydrogens is 272 g/mol. The van der Waals surface area contributed by atoms with Crippen molar-refractivity contribution in [1.82, 2.24) is 4.90 Å². The van der Waals surface area contributed by atoms with E-state index in [1.54, 1.807) is 0 Å². The number of carbonyl (C=O) groups is 1. The van der Waals surface area contributed by atoms with Gasteiger partial charge in [-0.15, -0.1) is 0 Å². The molecule has 1 heterocycles. The van der Waals surface area contributed by atoms with Crippen LogP contribution in [-0.4, -0.2) is 40.9 Å². The highest BCUT2D eigenvalue weighted by molar-refractivity contribution is 6.03. The number of benzene rings is 1. The molecule has 0 spiro atoms. The van der Waals surface area contributed by atoms with Crippen molar-refractivity contribution in [2.24, 2.45) is 5.41 Å². The number of nitrogens with zero attached hydrogens (tertiary/aromatic N) is 2. The van der Waals surface area contributed by atoms with Crippen LogP contribution >= 0.6 is 0 Å². The molecule has 0 aromatic heterocycles. The number of likely N-dealkylation sites (N-methyl/N-ethyl adjacent to an activating group) is 1. The Balaban J connectivity index is 2.00. The van der Waals surface area contributed by atoms with Gasteiger partial charge in [0.1, 0.15) is 0 Å². The van der Waals surface area contributed by atoms with Gasteiger partial charge in [-0.1, -0.05) is 51.1 Å². The lowest BCUT2D eigenvalue weighted by atomic mass is 9.91. The highest BCUT2D eigenvalue weighted by Gasteiger charge is 2.48. The zero-order valence-corrected chi connectivity index (χ0v) is 14.0. The Bertz CT molecular complexity index is 650. The van der Waals surface area contributed by atoms with Gasteiger partial charge in [0.2, 0.25) is 12.7 Å². The standard InChI is InChI=1S/C19H25N2O/c1-19(2,3)18-20(4)17(22)13-21(18)16-11-10-15(12-16)14-8-6-5-7-9-14/h5-9,12,18H,10-11,13H2,1-4H3/q+1/b21-16-/t18-/m1/s1. The summed E-state index contributed by atoms with van der Waals surface area (Å²) >= 11 is 0. The fourth-order valence-corrected chi connectivity index (χ4v) is 3.71. The van der Waals surface area contributed by atoms with Crippen LogP contribution in [0.25, 0.3) is 5.57 Å². The van der Waals surface area contributed by atoms with Crippen molar-refractivity contribution in [3.05, 3.63) is 42.0 Å². The lowest BCUT2D eigenvalue weighted by molar-refractivity contribution is -0.571. The number of amides is 1. The van der Waals surface area contributed by atoms with Gasteiger partial charge in [-0.05, 0) is 17.6 Å². The fraction of sp³-hybridized carbons (Fsp3) is 0.474. The van der Waals surface area contributed by atoms with Crippen molar-refractivity contribution < 1.29 is 9.37 Å². The molecule has 0 bridgehead atoms. The fourth-order valence-electron chi connectivity index (χ4n) is 3.71. The Morgan fingerprint density at radius 1 is 1.14 bits per heavy atom. The topological polar surface area (TPSA) is 23.3 Å². The van der Waals surface area contributed by atoms with E-state index >= 15 is 0 Å². The predicted molar refractivity (Wildman–Crippen MR) is 89.8 cm³/mol. The largest absolute Gasteiger partial charge is 0.292 e. The van der Waals surface area contributed by atoms with E-state index in [9.17, 15) is 4.79 Å². The molecule has 0 N–H and O–H groups in total. The van der Waals surface area contributed by atoms with Crippen LogP contribution in [0.4, 0.5) is 0 Å². The third-order valence-electron chi connectivity index (χ3n) is 4.64. The van der Waals surface area contributed by atoms with Gasteiger partial charge in [-0.25, -0.2) is 4.58 Å². The van der Waals surface area contributed by atoms with Gasteiger partial charge in [-0.2, -0.15) is 0 Å². The summed E-state index contributed by atoms with van der Waals surface area (Å²) in [6.07, 6.45) is 4.52. The molecule has 2 aliphatic rings. The molecule has 0 saturated carbocycles. The molecular formula is C19H25N2O+. The van der Waals surface area contributed by atoms with Crippen LogP contribution in [0.15, 0.2) is 36.4 Å². The number of allylic oxidation sites excluding steroid dienone is 2. The maximum atomic E-state index is 12.2. The van der Waals surface area contributed by atoms with Crippen LogP contribution in [0.3, 0.4) is 0 Å². The SMILES string of the molecule is CN1C(=O)C/[N+](=C2/C=C(c3ccccc3)CC2)[C@@H]1C(C)(C)C. The van der Waals surface area contributed by atoms with Crippen molar-refractivity contribution in [2.45, 2.75) is 39.8 Å². The summed E-state index contributed by atoms with van der Waals surface area (Å²) in [5.74, 6) is 0.217. The van der Waals surface area contributed by atoms with E-state index in [1.165, 1.54) is 16.8 Å². The molecule has 0 unspecified atom stereocenters. The minimum Gasteiger partial charge on any atom is -0.282 e. The van der Waals surface area contributed by atoms with E-state index in [0.717, 1.165) is 12.8 Å². The van der Waals surface area contributed by atoms with Crippen LogP contribution in [0, 0.1) is 5.41 Å². The van der Waals surface area contributed by atoms with Crippen molar-refractivity contribution in [2.75, 3.05) is 13.6 Å². The molecule has 1 fully saturated rings. The number of hydrogen-bond donors (Lipinski definition) is 0. The lowest BCUT2D eigenvalue weighted by Crippen LogP contribution is -2.44. The summed E-state index contributed by atoms with van der Waals surface area (Å²) in [5.41, 5.74) is 4.02. The van der Waals surface area contributed by atoms with Gasteiger partial charge >= 0.3 is 0 Å². The van der Waals surface area contributed by atoms with Crippen LogP contribution in [0.1, 0.15) is 39.2 Å². The number of carbonyl (C=O) groups excluding carboxylic acids is 1. The molecule has 0 radical (unpaired) electrons. The zero-order valence-electron chi connectivity index (χ0n) is 14.0. The van der Waals surface area contributed by atoms with Crippen molar-refractivity contribution in [3.63, 3.8) is 0 Å². The molecule has 1 atom stereocenters. The predicted octanol–water partition coefficient (Wildman–Crippen LogP) is 3.16. The normalized spacial score (nSPS) is 25.8. The molecule has 1 saturated heterocycles. The highest BCUT2D eigenvalue weighted by Crippen LogP contribution is 2.32. The second kappa shape index (κ2) is 5.38. The van der Waals surface area contributed by atoms with Crippen LogP contribution in [0.5, 0.6) is 0 Å². The third kappa shape index (κ3) is 2.60. The molecule has 1 amide bonds. The Morgan fingerprint density at radius 3 is 2.45 bits per heavy atom. The van der Waals surface area contributed by atoms with E-state index in [-0.39, 0.29) is 17.5 Å². The molecule has 1 aliphatic carbocycles. The minimum atomic E-state index is 0.0389. The summed E-state index contributed by atoms with van der Waals surface area (Å²) in [5, 5.41) is 0. The molecule has 3 heteroatoms. The van der Waals surface area contributed by atoms with Gasteiger partial charge in [0.25, 0.3) is 5.91 Å². The second-order valence-electron chi connectivity index (χ2n) is 7.40. The first kappa shape index (κ1) is 15.0. The second-order valence-corrected chi connectivity index (χ2v) is 7.40. The Labute approximate surface area is 133 Å². The first-order chi connectivity index (χ1) is 10.4. The van der Waals surface area contributed by atoms with Gasteiger partial charge in [0.15, 0.2) is 5.71 Å². The van der Waals surface area contributed by atoms with Crippen molar-refractivity contribution in [3.8, 4) is 0 Å². The van der Waals surface area contributed by atoms with E-state index in [0.29, 0.717) is 6.54 Å². The molecule has 116 valence electrons. The number of rotatable bonds is 1. The average molecular weight is 297 g/mol. The molecule has 22 heavy (non-hydrogen) atoms. The quantitative estimate of drug-likeness (QED) is 0.730. The van der Waals surface area contributed by atoms with Gasteiger partial charge in [0.05, 0.1) is 0 Å². The Morgan fingerprint density at radius 2 is 1.82 bits per heavy atom. The maximum absolute atomic E-state index is 12.2. The summed E-state index contributed by atoms with van der Waals surface area (Å²) in [7, 11) is 1.93. The monoisotopic (exact) mass is 297 g/mol. The Hall–Kier alpha value is -1.90. The summed E-state index contributed by atoms with van der Waals surface area (Å²) in [6.45, 7) is 7.12. The van der Waals surface area contributed by atoms with Gasteiger partial charge in [-0.3, -0.25) is 9.69 Å². The smallest absolute Gasteiger partial charge is 0.282 e. The maximum Gasteiger partial charge on any atom is 0.292 e. The van der Waals surface area contributed by atoms with E-state index in [4.69, 9.17) is 0 Å². The van der Waals surface area contributed by atoms with E-state index in [1.807, 2.05) is 18.0 Å². The summed E-state index contributed by atoms with van der Waals surface area (Å²) in [4.78, 5) is 14.1. The zero-order chi connectivity index (χ0) is 15.9. The first-order valence-electron chi connectivity index (χ1n) is 8.02. The summed E-state index contributed by atoms with van der Waals surface area (Å²) < 4.78 is 2.30. The average Bonchev–Trinajstić information content (AvgIpc) is 3.05. The minimum absolute atomic E-state index is 0.0389. The molecule has 3 nitrogen and oxygen atoms in total. The van der Waals surface area contributed by atoms with Crippen molar-refractivity contribution in [1.29, 1.82) is 0 Å². The molecule has 1 aliphatic heterocycles. The van der Waals surface area contributed by atoms with E-state index < -0.39 is 0 Å². The van der Waals surface area contributed by atoms with E-state index in [2.05, 4.69) is 55.7 Å².